The largest absolute Gasteiger partial charge is 0.368 e. The van der Waals surface area contributed by atoms with E-state index in [2.05, 4.69) is 0 Å². The highest BCUT2D eigenvalue weighted by molar-refractivity contribution is 7.90. The van der Waals surface area contributed by atoms with Crippen molar-refractivity contribution < 1.29 is 22.3 Å². The lowest BCUT2D eigenvalue weighted by Gasteiger charge is -2.14. The minimum absolute atomic E-state index is 0.401. The Morgan fingerprint density at radius 3 is 2.82 bits per heavy atom. The number of nitriles is 1. The molecule has 1 aliphatic carbocycles. The molecule has 0 unspecified atom stereocenters. The van der Waals surface area contributed by atoms with Crippen LogP contribution in [0, 0.1) is 23.1 Å². The summed E-state index contributed by atoms with van der Waals surface area (Å²) in [5.41, 5.74) is -0.630. The fourth-order valence-electron chi connectivity index (χ4n) is 1.75. The van der Waals surface area contributed by atoms with Crippen LogP contribution in [0.3, 0.4) is 0 Å². The number of hydrogen-bond acceptors (Lipinski definition) is 5. The maximum Gasteiger partial charge on any atom is 0.265 e. The number of carbonyl (C=O) groups is 1. The van der Waals surface area contributed by atoms with Crippen molar-refractivity contribution in [3.8, 4) is 6.07 Å². The number of carbonyl (C=O) groups excluding carboxylic acids is 1. The van der Waals surface area contributed by atoms with Gasteiger partial charge in [0.2, 0.25) is 0 Å². The van der Waals surface area contributed by atoms with E-state index in [9.17, 15) is 17.6 Å². The van der Waals surface area contributed by atoms with Crippen LogP contribution in [0.5, 0.6) is 0 Å². The van der Waals surface area contributed by atoms with Gasteiger partial charge in [0.1, 0.15) is 28.4 Å². The SMILES string of the molecule is C[C@H](OCC1CC1)C(=O)NS(=O)(=O)c1cccc(F)c1C#N. The van der Waals surface area contributed by atoms with E-state index in [1.54, 1.807) is 0 Å². The summed E-state index contributed by atoms with van der Waals surface area (Å²) in [5, 5.41) is 8.87. The summed E-state index contributed by atoms with van der Waals surface area (Å²) in [6.45, 7) is 1.84. The lowest BCUT2D eigenvalue weighted by atomic mass is 10.2. The molecule has 2 rings (SSSR count). The lowest BCUT2D eigenvalue weighted by Crippen LogP contribution is -2.39. The second-order valence-electron chi connectivity index (χ2n) is 5.11. The van der Waals surface area contributed by atoms with Gasteiger partial charge in [-0.2, -0.15) is 5.26 Å². The summed E-state index contributed by atoms with van der Waals surface area (Å²) in [5.74, 6) is -1.38. The van der Waals surface area contributed by atoms with Crippen molar-refractivity contribution in [1.82, 2.24) is 4.72 Å². The average molecular weight is 326 g/mol. The molecule has 1 saturated carbocycles. The highest BCUT2D eigenvalue weighted by Crippen LogP contribution is 2.29. The fourth-order valence-corrected chi connectivity index (χ4v) is 2.96. The topological polar surface area (TPSA) is 96.3 Å². The van der Waals surface area contributed by atoms with Crippen molar-refractivity contribution in [2.24, 2.45) is 5.92 Å². The molecular formula is C14H15FN2O4S. The number of nitrogens with one attached hydrogen (secondary N) is 1. The van der Waals surface area contributed by atoms with E-state index in [4.69, 9.17) is 10.00 Å². The zero-order valence-corrected chi connectivity index (χ0v) is 12.7. The summed E-state index contributed by atoms with van der Waals surface area (Å²) in [4.78, 5) is 11.3. The Kier molecular flexibility index (Phi) is 4.78. The van der Waals surface area contributed by atoms with Crippen molar-refractivity contribution in [2.75, 3.05) is 6.61 Å². The molecule has 0 heterocycles. The molecule has 1 atom stereocenters. The number of amides is 1. The van der Waals surface area contributed by atoms with Gasteiger partial charge >= 0.3 is 0 Å². The lowest BCUT2D eigenvalue weighted by molar-refractivity contribution is -0.130. The molecule has 0 aliphatic heterocycles. The molecule has 1 fully saturated rings. The molecule has 0 bridgehead atoms. The van der Waals surface area contributed by atoms with E-state index in [1.807, 2.05) is 4.72 Å². The van der Waals surface area contributed by atoms with Crippen molar-refractivity contribution >= 4 is 15.9 Å². The number of halogens is 1. The Labute approximate surface area is 127 Å². The number of hydrogen-bond donors (Lipinski definition) is 1. The van der Waals surface area contributed by atoms with Crippen LogP contribution < -0.4 is 4.72 Å². The summed E-state index contributed by atoms with van der Waals surface area (Å²) in [6, 6.07) is 4.67. The van der Waals surface area contributed by atoms with E-state index in [1.165, 1.54) is 13.0 Å². The van der Waals surface area contributed by atoms with Gasteiger partial charge < -0.3 is 4.74 Å². The third-order valence-electron chi connectivity index (χ3n) is 3.26. The molecule has 1 aromatic carbocycles. The molecule has 1 amide bonds. The number of rotatable bonds is 6. The van der Waals surface area contributed by atoms with Crippen LogP contribution in [0.1, 0.15) is 25.3 Å². The maximum absolute atomic E-state index is 13.5. The van der Waals surface area contributed by atoms with E-state index >= 15 is 0 Å². The monoisotopic (exact) mass is 326 g/mol. The first-order valence-electron chi connectivity index (χ1n) is 6.72. The molecule has 118 valence electrons. The van der Waals surface area contributed by atoms with Crippen LogP contribution in [-0.2, 0) is 19.6 Å². The highest BCUT2D eigenvalue weighted by atomic mass is 32.2. The van der Waals surface area contributed by atoms with Crippen LogP contribution in [0.25, 0.3) is 0 Å². The van der Waals surface area contributed by atoms with Gasteiger partial charge in [-0.25, -0.2) is 17.5 Å². The maximum atomic E-state index is 13.5. The summed E-state index contributed by atoms with van der Waals surface area (Å²) in [7, 11) is -4.33. The number of ether oxygens (including phenoxy) is 1. The van der Waals surface area contributed by atoms with Gasteiger partial charge in [-0.15, -0.1) is 0 Å². The predicted molar refractivity (Wildman–Crippen MR) is 74.6 cm³/mol. The van der Waals surface area contributed by atoms with E-state index in [-0.39, 0.29) is 0 Å². The zero-order chi connectivity index (χ0) is 16.3. The van der Waals surface area contributed by atoms with E-state index in [0.29, 0.717) is 12.5 Å². The van der Waals surface area contributed by atoms with E-state index < -0.39 is 38.3 Å². The first kappa shape index (κ1) is 16.4. The minimum atomic E-state index is -4.33. The molecule has 6 nitrogen and oxygen atoms in total. The first-order chi connectivity index (χ1) is 10.3. The Bertz CT molecular complexity index is 723. The van der Waals surface area contributed by atoms with Gasteiger partial charge in [-0.05, 0) is 37.8 Å². The van der Waals surface area contributed by atoms with Crippen LogP contribution in [-0.4, -0.2) is 27.0 Å². The Morgan fingerprint density at radius 1 is 1.55 bits per heavy atom. The van der Waals surface area contributed by atoms with Gasteiger partial charge in [-0.3, -0.25) is 4.79 Å². The van der Waals surface area contributed by atoms with Crippen molar-refractivity contribution in [1.29, 1.82) is 5.26 Å². The third kappa shape index (κ3) is 3.81. The molecule has 0 spiro atoms. The Balaban J connectivity index is 2.12. The molecule has 1 aliphatic rings. The van der Waals surface area contributed by atoms with Gasteiger partial charge in [0.05, 0.1) is 6.61 Å². The average Bonchev–Trinajstić information content (AvgIpc) is 3.28. The van der Waals surface area contributed by atoms with Gasteiger partial charge in [-0.1, -0.05) is 6.07 Å². The second kappa shape index (κ2) is 6.42. The van der Waals surface area contributed by atoms with Gasteiger partial charge in [0.15, 0.2) is 0 Å². The molecule has 0 aromatic heterocycles. The molecule has 0 saturated heterocycles. The second-order valence-corrected chi connectivity index (χ2v) is 6.76. The molecular weight excluding hydrogens is 311 g/mol. The van der Waals surface area contributed by atoms with Crippen LogP contribution >= 0.6 is 0 Å². The van der Waals surface area contributed by atoms with Crippen LogP contribution in [0.2, 0.25) is 0 Å². The number of benzene rings is 1. The summed E-state index contributed by atoms with van der Waals surface area (Å²) < 4.78 is 44.8. The van der Waals surface area contributed by atoms with E-state index in [0.717, 1.165) is 31.0 Å². The van der Waals surface area contributed by atoms with Crippen LogP contribution in [0.4, 0.5) is 4.39 Å². The van der Waals surface area contributed by atoms with Crippen molar-refractivity contribution in [3.63, 3.8) is 0 Å². The molecule has 22 heavy (non-hydrogen) atoms. The zero-order valence-electron chi connectivity index (χ0n) is 11.9. The predicted octanol–water partition coefficient (Wildman–Crippen LogP) is 1.32. The standard InChI is InChI=1S/C14H15FN2O4S/c1-9(21-8-10-5-6-10)14(18)17-22(19,20)13-4-2-3-12(15)11(13)7-16/h2-4,9-10H,5-6,8H2,1H3,(H,17,18)/t9-/m0/s1. The molecule has 1 aromatic rings. The van der Waals surface area contributed by atoms with Gasteiger partial charge in [0, 0.05) is 0 Å². The fraction of sp³-hybridized carbons (Fsp3) is 0.429. The third-order valence-corrected chi connectivity index (χ3v) is 4.65. The number of sulfonamides is 1. The van der Waals surface area contributed by atoms with Crippen LogP contribution in [0.15, 0.2) is 23.1 Å². The molecule has 0 radical (unpaired) electrons. The minimum Gasteiger partial charge on any atom is -0.368 e. The highest BCUT2D eigenvalue weighted by Gasteiger charge is 2.28. The molecule has 8 heteroatoms. The Morgan fingerprint density at radius 2 is 2.23 bits per heavy atom. The Hall–Kier alpha value is -1.98. The summed E-state index contributed by atoms with van der Waals surface area (Å²) >= 11 is 0. The molecule has 1 N–H and O–H groups in total. The smallest absolute Gasteiger partial charge is 0.265 e. The van der Waals surface area contributed by atoms with Crippen molar-refractivity contribution in [3.05, 3.63) is 29.6 Å². The van der Waals surface area contributed by atoms with Crippen molar-refractivity contribution in [2.45, 2.75) is 30.8 Å². The summed E-state index contributed by atoms with van der Waals surface area (Å²) in [6.07, 6.45) is 1.14. The number of nitrogens with zero attached hydrogens (tertiary/aromatic N) is 1. The normalized spacial score (nSPS) is 15.9. The van der Waals surface area contributed by atoms with Gasteiger partial charge in [0.25, 0.3) is 15.9 Å². The first-order valence-corrected chi connectivity index (χ1v) is 8.20. The quantitative estimate of drug-likeness (QED) is 0.850.